The van der Waals surface area contributed by atoms with E-state index in [1.165, 1.54) is 16.6 Å². The number of ether oxygens (including phenoxy) is 1. The molecule has 4 nitrogen and oxygen atoms in total. The molecule has 0 aliphatic carbocycles. The summed E-state index contributed by atoms with van der Waals surface area (Å²) < 4.78 is 5.17. The largest absolute Gasteiger partial charge is 0.452 e. The van der Waals surface area contributed by atoms with Gasteiger partial charge in [-0.3, -0.25) is 9.59 Å². The molecule has 0 bridgehead atoms. The Kier molecular flexibility index (Phi) is 7.15. The number of amides is 1. The Hall–Kier alpha value is -1.50. The lowest BCUT2D eigenvalue weighted by molar-refractivity contribution is -0.150. The van der Waals surface area contributed by atoms with Crippen LogP contribution < -0.4 is 5.32 Å². The first-order valence-electron chi connectivity index (χ1n) is 7.32. The molecule has 0 saturated heterocycles. The van der Waals surface area contributed by atoms with Gasteiger partial charge in [0.05, 0.1) is 5.75 Å². The van der Waals surface area contributed by atoms with Gasteiger partial charge in [-0.1, -0.05) is 23.7 Å². The van der Waals surface area contributed by atoms with E-state index in [9.17, 15) is 9.59 Å². The van der Waals surface area contributed by atoms with Crippen LogP contribution in [0.25, 0.3) is 0 Å². The predicted molar refractivity (Wildman–Crippen MR) is 101 cm³/mol. The van der Waals surface area contributed by atoms with Crippen molar-refractivity contribution in [3.8, 4) is 0 Å². The number of carbonyl (C=O) groups is 2. The molecule has 0 aliphatic heterocycles. The Morgan fingerprint density at radius 1 is 1.38 bits per heavy atom. The molecule has 0 saturated carbocycles. The van der Waals surface area contributed by atoms with E-state index in [1.807, 2.05) is 30.5 Å². The smallest absolute Gasteiger partial charge is 0.316 e. The average molecular weight is 384 g/mol. The number of esters is 1. The fourth-order valence-electron chi connectivity index (χ4n) is 1.88. The lowest BCUT2D eigenvalue weighted by Crippen LogP contribution is -2.30. The van der Waals surface area contributed by atoms with Gasteiger partial charge in [0, 0.05) is 21.3 Å². The van der Waals surface area contributed by atoms with Crippen LogP contribution in [0.2, 0.25) is 5.02 Å². The number of rotatable bonds is 7. The number of hydrogen-bond donors (Lipinski definition) is 1. The maximum atomic E-state index is 12.1. The van der Waals surface area contributed by atoms with E-state index in [-0.39, 0.29) is 11.7 Å². The van der Waals surface area contributed by atoms with Crippen molar-refractivity contribution >= 4 is 52.3 Å². The highest BCUT2D eigenvalue weighted by Gasteiger charge is 2.18. The normalized spacial score (nSPS) is 11.8. The lowest BCUT2D eigenvalue weighted by atomic mass is 10.2. The van der Waals surface area contributed by atoms with Crippen molar-refractivity contribution in [2.45, 2.75) is 25.7 Å². The SMILES string of the molecule is Cc1ccc(Cl)cc1NC(=O)[C@@H](C)OC(=O)CSCc1cccs1. The van der Waals surface area contributed by atoms with Crippen molar-refractivity contribution < 1.29 is 14.3 Å². The number of hydrogen-bond acceptors (Lipinski definition) is 5. The van der Waals surface area contributed by atoms with Gasteiger partial charge in [-0.25, -0.2) is 0 Å². The highest BCUT2D eigenvalue weighted by Crippen LogP contribution is 2.21. The van der Waals surface area contributed by atoms with Crippen LogP contribution in [0.1, 0.15) is 17.4 Å². The molecule has 0 fully saturated rings. The van der Waals surface area contributed by atoms with Gasteiger partial charge >= 0.3 is 5.97 Å². The van der Waals surface area contributed by atoms with Gasteiger partial charge in [-0.05, 0) is 43.0 Å². The Labute approximate surface area is 154 Å². The van der Waals surface area contributed by atoms with Crippen LogP contribution in [0.5, 0.6) is 0 Å². The highest BCUT2D eigenvalue weighted by atomic mass is 35.5. The van der Waals surface area contributed by atoms with Crippen molar-refractivity contribution in [2.75, 3.05) is 11.1 Å². The van der Waals surface area contributed by atoms with Crippen LogP contribution in [0.3, 0.4) is 0 Å². The monoisotopic (exact) mass is 383 g/mol. The molecule has 2 aromatic rings. The van der Waals surface area contributed by atoms with Crippen molar-refractivity contribution in [2.24, 2.45) is 0 Å². The lowest BCUT2D eigenvalue weighted by Gasteiger charge is -2.14. The van der Waals surface area contributed by atoms with Gasteiger partial charge in [-0.15, -0.1) is 23.1 Å². The molecule has 0 radical (unpaired) electrons. The standard InChI is InChI=1S/C17H18ClNO3S2/c1-11-5-6-13(18)8-15(11)19-17(21)12(2)22-16(20)10-23-9-14-4-3-7-24-14/h3-8,12H,9-10H2,1-2H3,(H,19,21)/t12-/m1/s1. The summed E-state index contributed by atoms with van der Waals surface area (Å²) in [4.78, 5) is 25.2. The molecule has 0 unspecified atom stereocenters. The molecular formula is C17H18ClNO3S2. The molecule has 128 valence electrons. The summed E-state index contributed by atoms with van der Waals surface area (Å²) in [5, 5.41) is 5.26. The number of aryl methyl sites for hydroxylation is 1. The summed E-state index contributed by atoms with van der Waals surface area (Å²) in [6, 6.07) is 9.23. The van der Waals surface area contributed by atoms with Crippen LogP contribution in [-0.2, 0) is 20.1 Å². The third-order valence-electron chi connectivity index (χ3n) is 3.18. The number of halogens is 1. The minimum atomic E-state index is -0.863. The van der Waals surface area contributed by atoms with Crippen LogP contribution in [-0.4, -0.2) is 23.7 Å². The van der Waals surface area contributed by atoms with Gasteiger partial charge in [-0.2, -0.15) is 0 Å². The van der Waals surface area contributed by atoms with Gasteiger partial charge in [0.1, 0.15) is 0 Å². The number of carbonyl (C=O) groups excluding carboxylic acids is 2. The summed E-state index contributed by atoms with van der Waals surface area (Å²) >= 11 is 9.04. The summed E-state index contributed by atoms with van der Waals surface area (Å²) in [5.41, 5.74) is 1.50. The van der Waals surface area contributed by atoms with Crippen molar-refractivity contribution in [3.63, 3.8) is 0 Å². The minimum absolute atomic E-state index is 0.214. The van der Waals surface area contributed by atoms with Gasteiger partial charge in [0.15, 0.2) is 6.10 Å². The zero-order valence-electron chi connectivity index (χ0n) is 13.4. The average Bonchev–Trinajstić information content (AvgIpc) is 3.04. The van der Waals surface area contributed by atoms with Gasteiger partial charge < -0.3 is 10.1 Å². The molecular weight excluding hydrogens is 366 g/mol. The first kappa shape index (κ1) is 18.8. The molecule has 1 aromatic heterocycles. The van der Waals surface area contributed by atoms with Crippen molar-refractivity contribution in [1.82, 2.24) is 0 Å². The van der Waals surface area contributed by atoms with E-state index >= 15 is 0 Å². The number of anilines is 1. The van der Waals surface area contributed by atoms with E-state index < -0.39 is 12.1 Å². The van der Waals surface area contributed by atoms with E-state index in [4.69, 9.17) is 16.3 Å². The van der Waals surface area contributed by atoms with Crippen LogP contribution in [0.4, 0.5) is 5.69 Å². The molecule has 0 spiro atoms. The molecule has 1 aromatic carbocycles. The van der Waals surface area contributed by atoms with Crippen molar-refractivity contribution in [1.29, 1.82) is 0 Å². The second-order valence-corrected chi connectivity index (χ2v) is 7.61. The summed E-state index contributed by atoms with van der Waals surface area (Å²) in [6.07, 6.45) is -0.863. The van der Waals surface area contributed by atoms with Crippen LogP contribution in [0, 0.1) is 6.92 Å². The number of benzene rings is 1. The molecule has 1 atom stereocenters. The Balaban J connectivity index is 1.78. The maximum absolute atomic E-state index is 12.1. The first-order valence-corrected chi connectivity index (χ1v) is 9.73. The third kappa shape index (κ3) is 5.85. The predicted octanol–water partition coefficient (Wildman–Crippen LogP) is 4.51. The quantitative estimate of drug-likeness (QED) is 0.714. The Bertz CT molecular complexity index is 704. The topological polar surface area (TPSA) is 55.4 Å². The fourth-order valence-corrected chi connectivity index (χ4v) is 3.70. The first-order chi connectivity index (χ1) is 11.5. The molecule has 1 heterocycles. The Morgan fingerprint density at radius 2 is 2.17 bits per heavy atom. The van der Waals surface area contributed by atoms with Crippen LogP contribution >= 0.6 is 34.7 Å². The number of thiophene rings is 1. The van der Waals surface area contributed by atoms with E-state index in [0.29, 0.717) is 10.7 Å². The van der Waals surface area contributed by atoms with E-state index in [1.54, 1.807) is 30.4 Å². The summed E-state index contributed by atoms with van der Waals surface area (Å²) in [6.45, 7) is 3.42. The van der Waals surface area contributed by atoms with Crippen molar-refractivity contribution in [3.05, 3.63) is 51.2 Å². The van der Waals surface area contributed by atoms with Crippen LogP contribution in [0.15, 0.2) is 35.7 Å². The molecule has 2 rings (SSSR count). The third-order valence-corrected chi connectivity index (χ3v) is 5.43. The van der Waals surface area contributed by atoms with E-state index in [2.05, 4.69) is 5.32 Å². The molecule has 1 N–H and O–H groups in total. The highest BCUT2D eigenvalue weighted by molar-refractivity contribution is 7.99. The summed E-state index contributed by atoms with van der Waals surface area (Å²) in [5.74, 6) is 0.194. The zero-order valence-corrected chi connectivity index (χ0v) is 15.8. The second kappa shape index (κ2) is 9.11. The Morgan fingerprint density at radius 3 is 2.88 bits per heavy atom. The molecule has 24 heavy (non-hydrogen) atoms. The van der Waals surface area contributed by atoms with E-state index in [0.717, 1.165) is 11.3 Å². The fraction of sp³-hybridized carbons (Fsp3) is 0.294. The number of nitrogens with one attached hydrogen (secondary N) is 1. The molecule has 1 amide bonds. The summed E-state index contributed by atoms with van der Waals surface area (Å²) in [7, 11) is 0. The molecule has 0 aliphatic rings. The maximum Gasteiger partial charge on any atom is 0.316 e. The number of thioether (sulfide) groups is 1. The van der Waals surface area contributed by atoms with Gasteiger partial charge in [0.2, 0.25) is 0 Å². The van der Waals surface area contributed by atoms with Gasteiger partial charge in [0.25, 0.3) is 5.91 Å². The molecule has 7 heteroatoms. The zero-order chi connectivity index (χ0) is 17.5. The second-order valence-electron chi connectivity index (χ2n) is 5.15. The minimum Gasteiger partial charge on any atom is -0.452 e.